The number of esters is 1. The Morgan fingerprint density at radius 2 is 2.28 bits per heavy atom. The summed E-state index contributed by atoms with van der Waals surface area (Å²) < 4.78 is 10.1. The van der Waals surface area contributed by atoms with Gasteiger partial charge in [-0.25, -0.2) is 4.79 Å². The van der Waals surface area contributed by atoms with Crippen LogP contribution >= 0.6 is 11.6 Å². The first kappa shape index (κ1) is 12.7. The van der Waals surface area contributed by atoms with Crippen LogP contribution in [0.5, 0.6) is 5.75 Å². The Morgan fingerprint density at radius 1 is 1.56 bits per heavy atom. The van der Waals surface area contributed by atoms with Crippen LogP contribution in [0.25, 0.3) is 0 Å². The maximum Gasteiger partial charge on any atom is 0.339 e. The normalized spacial score (nSPS) is 15.6. The summed E-state index contributed by atoms with van der Waals surface area (Å²) >= 11 is 5.96. The molecule has 2 rings (SSSR count). The van der Waals surface area contributed by atoms with Gasteiger partial charge >= 0.3 is 5.97 Å². The Balaban J connectivity index is 2.05. The van der Waals surface area contributed by atoms with Crippen LogP contribution in [0.3, 0.4) is 0 Å². The second-order valence-electron chi connectivity index (χ2n) is 4.31. The van der Waals surface area contributed by atoms with E-state index in [0.29, 0.717) is 17.9 Å². The van der Waals surface area contributed by atoms with Crippen molar-refractivity contribution in [2.45, 2.75) is 12.8 Å². The molecule has 1 aliphatic rings. The fourth-order valence-corrected chi connectivity index (χ4v) is 1.77. The molecule has 0 saturated heterocycles. The molecule has 0 heterocycles. The lowest BCUT2D eigenvalue weighted by Crippen LogP contribution is -2.11. The monoisotopic (exact) mass is 265 g/mol. The zero-order chi connectivity index (χ0) is 13.2. The van der Waals surface area contributed by atoms with Crippen molar-refractivity contribution in [2.75, 3.05) is 13.7 Å². The number of ether oxygens (including phenoxy) is 2. The molecule has 0 aliphatic heterocycles. The average molecular weight is 266 g/mol. The Morgan fingerprint density at radius 3 is 2.78 bits per heavy atom. The maximum atomic E-state index is 11.3. The molecular formula is C13H12ClNO3. The molecular weight excluding hydrogens is 254 g/mol. The molecule has 1 aromatic carbocycles. The fourth-order valence-electron chi connectivity index (χ4n) is 1.52. The smallest absolute Gasteiger partial charge is 0.339 e. The molecule has 1 aromatic rings. The average Bonchev–Trinajstić information content (AvgIpc) is 3.16. The molecule has 0 bridgehead atoms. The summed E-state index contributed by atoms with van der Waals surface area (Å²) in [4.78, 5) is 11.3. The summed E-state index contributed by atoms with van der Waals surface area (Å²) in [5.74, 6) is 0.0661. The van der Waals surface area contributed by atoms with E-state index in [1.54, 1.807) is 18.2 Å². The van der Waals surface area contributed by atoms with Crippen molar-refractivity contribution in [3.63, 3.8) is 0 Å². The van der Waals surface area contributed by atoms with Gasteiger partial charge in [0, 0.05) is 0 Å². The largest absolute Gasteiger partial charge is 0.492 e. The van der Waals surface area contributed by atoms with Crippen LogP contribution in [0, 0.1) is 16.7 Å². The van der Waals surface area contributed by atoms with Crippen LogP contribution in [0.2, 0.25) is 5.02 Å². The van der Waals surface area contributed by atoms with E-state index in [1.807, 2.05) is 0 Å². The second-order valence-corrected chi connectivity index (χ2v) is 4.72. The van der Waals surface area contributed by atoms with Crippen LogP contribution in [0.4, 0.5) is 0 Å². The third-order valence-corrected chi connectivity index (χ3v) is 3.26. The number of nitrogens with zero attached hydrogens (tertiary/aromatic N) is 1. The lowest BCUT2D eigenvalue weighted by molar-refractivity contribution is 0.0601. The SMILES string of the molecule is COC(=O)c1ccc(OCC2(C#N)CC2)cc1Cl. The zero-order valence-electron chi connectivity index (χ0n) is 9.90. The summed E-state index contributed by atoms with van der Waals surface area (Å²) in [6, 6.07) is 7.00. The van der Waals surface area contributed by atoms with Gasteiger partial charge in [-0.3, -0.25) is 0 Å². The van der Waals surface area contributed by atoms with Crippen molar-refractivity contribution < 1.29 is 14.3 Å². The highest BCUT2D eigenvalue weighted by atomic mass is 35.5. The molecule has 0 radical (unpaired) electrons. The summed E-state index contributed by atoms with van der Waals surface area (Å²) in [6.45, 7) is 0.359. The zero-order valence-corrected chi connectivity index (χ0v) is 10.7. The van der Waals surface area contributed by atoms with Gasteiger partial charge in [-0.05, 0) is 31.0 Å². The summed E-state index contributed by atoms with van der Waals surface area (Å²) in [7, 11) is 1.30. The molecule has 0 aromatic heterocycles. The highest BCUT2D eigenvalue weighted by Crippen LogP contribution is 2.45. The number of carbonyl (C=O) groups excluding carboxylic acids is 1. The predicted molar refractivity (Wildman–Crippen MR) is 65.6 cm³/mol. The number of benzene rings is 1. The number of carbonyl (C=O) groups is 1. The van der Waals surface area contributed by atoms with Crippen LogP contribution < -0.4 is 4.74 Å². The third-order valence-electron chi connectivity index (χ3n) is 2.95. The third kappa shape index (κ3) is 2.57. The van der Waals surface area contributed by atoms with E-state index in [2.05, 4.69) is 10.8 Å². The van der Waals surface area contributed by atoms with E-state index in [9.17, 15) is 4.79 Å². The first-order chi connectivity index (χ1) is 8.60. The Hall–Kier alpha value is -1.73. The van der Waals surface area contributed by atoms with Gasteiger partial charge in [0.15, 0.2) is 0 Å². The Kier molecular flexibility index (Phi) is 3.44. The van der Waals surface area contributed by atoms with Crippen LogP contribution in [-0.4, -0.2) is 19.7 Å². The lowest BCUT2D eigenvalue weighted by atomic mass is 10.1. The number of hydrogen-bond donors (Lipinski definition) is 0. The number of halogens is 1. The molecule has 0 N–H and O–H groups in total. The first-order valence-electron chi connectivity index (χ1n) is 5.52. The van der Waals surface area contributed by atoms with Gasteiger partial charge in [0.1, 0.15) is 12.4 Å². The molecule has 18 heavy (non-hydrogen) atoms. The van der Waals surface area contributed by atoms with E-state index < -0.39 is 5.97 Å². The topological polar surface area (TPSA) is 59.3 Å². The predicted octanol–water partition coefficient (Wildman–Crippen LogP) is 2.81. The van der Waals surface area contributed by atoms with Gasteiger partial charge in [0.05, 0.1) is 29.2 Å². The fraction of sp³-hybridized carbons (Fsp3) is 0.385. The van der Waals surface area contributed by atoms with Gasteiger partial charge in [0.25, 0.3) is 0 Å². The van der Waals surface area contributed by atoms with Crippen LogP contribution in [-0.2, 0) is 4.74 Å². The van der Waals surface area contributed by atoms with Crippen LogP contribution in [0.15, 0.2) is 18.2 Å². The minimum atomic E-state index is -0.484. The Bertz CT molecular complexity index is 517. The van der Waals surface area contributed by atoms with Gasteiger partial charge in [0.2, 0.25) is 0 Å². The minimum absolute atomic E-state index is 0.279. The molecule has 1 saturated carbocycles. The highest BCUT2D eigenvalue weighted by Gasteiger charge is 2.44. The summed E-state index contributed by atoms with van der Waals surface area (Å²) in [6.07, 6.45) is 1.74. The van der Waals surface area contributed by atoms with Crippen molar-refractivity contribution in [1.82, 2.24) is 0 Å². The van der Waals surface area contributed by atoms with Crippen LogP contribution in [0.1, 0.15) is 23.2 Å². The van der Waals surface area contributed by atoms with E-state index in [4.69, 9.17) is 21.6 Å². The van der Waals surface area contributed by atoms with Gasteiger partial charge in [-0.2, -0.15) is 5.26 Å². The lowest BCUT2D eigenvalue weighted by Gasteiger charge is -2.10. The number of hydrogen-bond acceptors (Lipinski definition) is 4. The molecule has 0 amide bonds. The standard InChI is InChI=1S/C13H12ClNO3/c1-17-12(16)10-3-2-9(6-11(10)14)18-8-13(7-15)4-5-13/h2-3,6H,4-5,8H2,1H3. The molecule has 1 aliphatic carbocycles. The van der Waals surface area contributed by atoms with Gasteiger partial charge < -0.3 is 9.47 Å². The molecule has 0 atom stereocenters. The minimum Gasteiger partial charge on any atom is -0.492 e. The first-order valence-corrected chi connectivity index (χ1v) is 5.90. The summed E-state index contributed by atoms with van der Waals surface area (Å²) in [5.41, 5.74) is -0.0269. The van der Waals surface area contributed by atoms with Gasteiger partial charge in [-0.1, -0.05) is 11.6 Å². The highest BCUT2D eigenvalue weighted by molar-refractivity contribution is 6.33. The summed E-state index contributed by atoms with van der Waals surface area (Å²) in [5, 5.41) is 9.20. The second kappa shape index (κ2) is 4.87. The van der Waals surface area contributed by atoms with E-state index in [0.717, 1.165) is 12.8 Å². The number of methoxy groups -OCH3 is 1. The van der Waals surface area contributed by atoms with Crippen molar-refractivity contribution >= 4 is 17.6 Å². The molecule has 0 spiro atoms. The Labute approximate surface area is 110 Å². The molecule has 0 unspecified atom stereocenters. The number of rotatable bonds is 4. The molecule has 4 nitrogen and oxygen atoms in total. The van der Waals surface area contributed by atoms with Crippen molar-refractivity contribution in [1.29, 1.82) is 5.26 Å². The van der Waals surface area contributed by atoms with E-state index >= 15 is 0 Å². The molecule has 5 heteroatoms. The van der Waals surface area contributed by atoms with E-state index in [1.165, 1.54) is 7.11 Å². The van der Waals surface area contributed by atoms with Crippen molar-refractivity contribution in [3.8, 4) is 11.8 Å². The molecule has 1 fully saturated rings. The van der Waals surface area contributed by atoms with E-state index in [-0.39, 0.29) is 10.4 Å². The number of nitriles is 1. The quantitative estimate of drug-likeness (QED) is 0.786. The maximum absolute atomic E-state index is 11.3. The molecule has 94 valence electrons. The van der Waals surface area contributed by atoms with Gasteiger partial charge in [-0.15, -0.1) is 0 Å². The van der Waals surface area contributed by atoms with Crippen molar-refractivity contribution in [3.05, 3.63) is 28.8 Å². The van der Waals surface area contributed by atoms with Crippen molar-refractivity contribution in [2.24, 2.45) is 5.41 Å².